The second-order valence-electron chi connectivity index (χ2n) is 4.91. The minimum absolute atomic E-state index is 0.173. The fourth-order valence-electron chi connectivity index (χ4n) is 2.70. The number of hydrogen-bond acceptors (Lipinski definition) is 5. The molecule has 0 atom stereocenters. The smallest absolute Gasteiger partial charge is 0.216 e. The third kappa shape index (κ3) is 2.12. The number of hydrogen-bond donors (Lipinski definition) is 1. The maximum absolute atomic E-state index is 12.8. The van der Waals surface area contributed by atoms with E-state index >= 15 is 0 Å². The van der Waals surface area contributed by atoms with Gasteiger partial charge in [-0.1, -0.05) is 0 Å². The Labute approximate surface area is 122 Å². The third-order valence-electron chi connectivity index (χ3n) is 3.72. The number of ketones is 1. The molecule has 2 aromatic rings. The number of nitrogen functional groups attached to an aromatic ring is 1. The van der Waals surface area contributed by atoms with Crippen molar-refractivity contribution in [1.29, 1.82) is 0 Å². The molecule has 1 aromatic carbocycles. The lowest BCUT2D eigenvalue weighted by Crippen LogP contribution is -2.12. The molecule has 110 valence electrons. The zero-order valence-electron chi connectivity index (χ0n) is 12.0. The molecule has 0 spiro atoms. The number of nitrogens with zero attached hydrogens (tertiary/aromatic N) is 2. The molecule has 1 aliphatic rings. The van der Waals surface area contributed by atoms with Gasteiger partial charge in [-0.15, -0.1) is 0 Å². The van der Waals surface area contributed by atoms with Crippen molar-refractivity contribution in [3.8, 4) is 11.5 Å². The topological polar surface area (TPSA) is 79.4 Å². The van der Waals surface area contributed by atoms with Crippen LogP contribution in [0.5, 0.6) is 11.5 Å². The average molecular weight is 287 g/mol. The molecule has 0 saturated carbocycles. The van der Waals surface area contributed by atoms with Crippen molar-refractivity contribution >= 4 is 11.6 Å². The van der Waals surface area contributed by atoms with E-state index in [0.717, 1.165) is 25.2 Å². The van der Waals surface area contributed by atoms with E-state index in [1.54, 1.807) is 25.3 Å². The lowest BCUT2D eigenvalue weighted by molar-refractivity contribution is 0.102. The Morgan fingerprint density at radius 3 is 2.86 bits per heavy atom. The van der Waals surface area contributed by atoms with Gasteiger partial charge in [0, 0.05) is 19.0 Å². The van der Waals surface area contributed by atoms with Crippen LogP contribution in [0.2, 0.25) is 0 Å². The minimum Gasteiger partial charge on any atom is -0.497 e. The van der Waals surface area contributed by atoms with Crippen molar-refractivity contribution in [1.82, 2.24) is 9.55 Å². The Bertz CT molecular complexity index is 706. The number of aryl methyl sites for hydroxylation is 1. The van der Waals surface area contributed by atoms with Gasteiger partial charge in [0.25, 0.3) is 0 Å². The predicted molar refractivity (Wildman–Crippen MR) is 77.9 cm³/mol. The van der Waals surface area contributed by atoms with Crippen LogP contribution < -0.4 is 15.2 Å². The number of imidazole rings is 1. The van der Waals surface area contributed by atoms with Crippen LogP contribution in [-0.2, 0) is 13.0 Å². The Morgan fingerprint density at radius 1 is 1.33 bits per heavy atom. The Balaban J connectivity index is 2.07. The van der Waals surface area contributed by atoms with Crippen LogP contribution in [-0.4, -0.2) is 29.6 Å². The molecular weight excluding hydrogens is 270 g/mol. The van der Waals surface area contributed by atoms with E-state index in [9.17, 15) is 4.79 Å². The number of nitrogens with two attached hydrogens (primary N) is 1. The van der Waals surface area contributed by atoms with Crippen molar-refractivity contribution in [2.24, 2.45) is 0 Å². The minimum atomic E-state index is -0.173. The van der Waals surface area contributed by atoms with Gasteiger partial charge in [-0.05, 0) is 18.6 Å². The first kappa shape index (κ1) is 13.5. The summed E-state index contributed by atoms with van der Waals surface area (Å²) >= 11 is 0. The summed E-state index contributed by atoms with van der Waals surface area (Å²) in [6, 6.07) is 5.10. The quantitative estimate of drug-likeness (QED) is 0.865. The molecule has 0 radical (unpaired) electrons. The second kappa shape index (κ2) is 5.12. The number of benzene rings is 1. The lowest BCUT2D eigenvalue weighted by Gasteiger charge is -2.11. The van der Waals surface area contributed by atoms with Gasteiger partial charge >= 0.3 is 0 Å². The highest BCUT2D eigenvalue weighted by Gasteiger charge is 2.27. The first-order valence-corrected chi connectivity index (χ1v) is 6.77. The Hall–Kier alpha value is -2.50. The molecule has 0 fully saturated rings. The second-order valence-corrected chi connectivity index (χ2v) is 4.91. The summed E-state index contributed by atoms with van der Waals surface area (Å²) < 4.78 is 12.3. The van der Waals surface area contributed by atoms with Gasteiger partial charge in [0.05, 0.1) is 19.8 Å². The molecule has 1 aliphatic heterocycles. The summed E-state index contributed by atoms with van der Waals surface area (Å²) in [5, 5.41) is 0. The summed E-state index contributed by atoms with van der Waals surface area (Å²) in [5.74, 6) is 2.09. The first-order valence-electron chi connectivity index (χ1n) is 6.77. The van der Waals surface area contributed by atoms with E-state index in [4.69, 9.17) is 15.2 Å². The average Bonchev–Trinajstić information content (AvgIpc) is 3.05. The molecule has 0 unspecified atom stereocenters. The molecule has 1 aromatic heterocycles. The molecule has 21 heavy (non-hydrogen) atoms. The van der Waals surface area contributed by atoms with E-state index in [-0.39, 0.29) is 11.6 Å². The van der Waals surface area contributed by atoms with Gasteiger partial charge in [0.2, 0.25) is 5.78 Å². The number of ether oxygens (including phenoxy) is 2. The van der Waals surface area contributed by atoms with Crippen LogP contribution >= 0.6 is 0 Å². The molecule has 0 bridgehead atoms. The van der Waals surface area contributed by atoms with E-state index < -0.39 is 0 Å². The number of rotatable bonds is 4. The summed E-state index contributed by atoms with van der Waals surface area (Å²) in [4.78, 5) is 17.1. The molecule has 6 heteroatoms. The van der Waals surface area contributed by atoms with Gasteiger partial charge in [0.15, 0.2) is 5.82 Å². The normalized spacial score (nSPS) is 13.0. The highest BCUT2D eigenvalue weighted by Crippen LogP contribution is 2.30. The lowest BCUT2D eigenvalue weighted by atomic mass is 10.1. The Morgan fingerprint density at radius 2 is 2.14 bits per heavy atom. The first-order chi connectivity index (χ1) is 10.2. The fourth-order valence-corrected chi connectivity index (χ4v) is 2.70. The van der Waals surface area contributed by atoms with E-state index in [2.05, 4.69) is 4.98 Å². The highest BCUT2D eigenvalue weighted by molar-refractivity contribution is 6.12. The van der Waals surface area contributed by atoms with Gasteiger partial charge in [-0.25, -0.2) is 4.98 Å². The van der Waals surface area contributed by atoms with E-state index in [0.29, 0.717) is 22.8 Å². The Kier molecular flexibility index (Phi) is 3.29. The largest absolute Gasteiger partial charge is 0.497 e. The van der Waals surface area contributed by atoms with Crippen LogP contribution in [0.4, 0.5) is 5.82 Å². The molecule has 2 N–H and O–H groups in total. The summed E-state index contributed by atoms with van der Waals surface area (Å²) in [7, 11) is 3.09. The van der Waals surface area contributed by atoms with Crippen molar-refractivity contribution < 1.29 is 14.3 Å². The fraction of sp³-hybridized carbons (Fsp3) is 0.333. The molecular formula is C15H17N3O3. The SMILES string of the molecule is COc1ccc(C(=O)c2c(N)nc3n2CCC3)c(OC)c1. The zero-order chi connectivity index (χ0) is 15.0. The monoisotopic (exact) mass is 287 g/mol. The molecule has 6 nitrogen and oxygen atoms in total. The summed E-state index contributed by atoms with van der Waals surface area (Å²) in [5.41, 5.74) is 6.83. The highest BCUT2D eigenvalue weighted by atomic mass is 16.5. The number of aromatic nitrogens is 2. The third-order valence-corrected chi connectivity index (χ3v) is 3.72. The molecule has 2 heterocycles. The maximum Gasteiger partial charge on any atom is 0.216 e. The van der Waals surface area contributed by atoms with E-state index in [1.165, 1.54) is 7.11 Å². The number of carbonyl (C=O) groups is 1. The molecule has 0 saturated heterocycles. The number of anilines is 1. The van der Waals surface area contributed by atoms with Crippen molar-refractivity contribution in [3.05, 3.63) is 35.3 Å². The number of carbonyl (C=O) groups excluding carboxylic acids is 1. The van der Waals surface area contributed by atoms with Crippen molar-refractivity contribution in [3.63, 3.8) is 0 Å². The van der Waals surface area contributed by atoms with Crippen LogP contribution in [0.15, 0.2) is 18.2 Å². The number of methoxy groups -OCH3 is 2. The predicted octanol–water partition coefficient (Wildman–Crippen LogP) is 1.66. The van der Waals surface area contributed by atoms with Crippen LogP contribution in [0.25, 0.3) is 0 Å². The van der Waals surface area contributed by atoms with Gasteiger partial charge < -0.3 is 19.8 Å². The molecule has 3 rings (SSSR count). The standard InChI is InChI=1S/C15H17N3O3/c1-20-9-5-6-10(11(8-9)21-2)14(19)13-15(16)17-12-4-3-7-18(12)13/h5-6,8H,3-4,7,16H2,1-2H3. The summed E-state index contributed by atoms with van der Waals surface area (Å²) in [6.07, 6.45) is 1.85. The zero-order valence-corrected chi connectivity index (χ0v) is 12.0. The van der Waals surface area contributed by atoms with Gasteiger partial charge in [0.1, 0.15) is 23.0 Å². The number of fused-ring (bicyclic) bond motifs is 1. The van der Waals surface area contributed by atoms with Crippen LogP contribution in [0, 0.1) is 0 Å². The van der Waals surface area contributed by atoms with Gasteiger partial charge in [-0.2, -0.15) is 0 Å². The van der Waals surface area contributed by atoms with E-state index in [1.807, 2.05) is 4.57 Å². The van der Waals surface area contributed by atoms with Crippen LogP contribution in [0.3, 0.4) is 0 Å². The summed E-state index contributed by atoms with van der Waals surface area (Å²) in [6.45, 7) is 0.777. The maximum atomic E-state index is 12.8. The van der Waals surface area contributed by atoms with Gasteiger partial charge in [-0.3, -0.25) is 4.79 Å². The van der Waals surface area contributed by atoms with Crippen molar-refractivity contribution in [2.75, 3.05) is 20.0 Å². The molecule has 0 amide bonds. The molecule has 0 aliphatic carbocycles. The van der Waals surface area contributed by atoms with Crippen molar-refractivity contribution in [2.45, 2.75) is 19.4 Å². The van der Waals surface area contributed by atoms with Crippen LogP contribution in [0.1, 0.15) is 28.3 Å².